The monoisotopic (exact) mass is 451 g/mol. The third-order valence-corrected chi connectivity index (χ3v) is 5.43. The summed E-state index contributed by atoms with van der Waals surface area (Å²) in [5, 5.41) is 0. The number of benzene rings is 1. The largest absolute Gasteiger partial charge is 0.488 e. The molecule has 1 unspecified atom stereocenters. The minimum absolute atomic E-state index is 0.231. The van der Waals surface area contributed by atoms with Gasteiger partial charge in [0.25, 0.3) is 0 Å². The molecule has 0 bridgehead atoms. The average Bonchev–Trinajstić information content (AvgIpc) is 2.76. The number of methoxy groups -OCH3 is 1. The van der Waals surface area contributed by atoms with Gasteiger partial charge in [-0.1, -0.05) is 52.4 Å². The summed E-state index contributed by atoms with van der Waals surface area (Å²) >= 11 is 0. The van der Waals surface area contributed by atoms with Gasteiger partial charge in [-0.3, -0.25) is 0 Å². The lowest BCUT2D eigenvalue weighted by Gasteiger charge is -2.27. The zero-order valence-electron chi connectivity index (χ0n) is 21.2. The lowest BCUT2D eigenvalue weighted by molar-refractivity contribution is -0.222. The van der Waals surface area contributed by atoms with E-state index in [2.05, 4.69) is 13.8 Å². The molecule has 1 amide bonds. The molecular formula is C26H45NO5. The fraction of sp³-hybridized carbons (Fsp3) is 0.731. The first-order valence-electron chi connectivity index (χ1n) is 12.3. The molecular weight excluding hydrogens is 406 g/mol. The van der Waals surface area contributed by atoms with E-state index in [4.69, 9.17) is 18.9 Å². The number of ether oxygens (including phenoxy) is 4. The van der Waals surface area contributed by atoms with Crippen LogP contribution < -0.4 is 9.47 Å². The molecule has 0 fully saturated rings. The predicted octanol–water partition coefficient (Wildman–Crippen LogP) is 6.73. The Labute approximate surface area is 195 Å². The maximum Gasteiger partial charge on any atom is 0.415 e. The molecule has 1 atom stereocenters. The van der Waals surface area contributed by atoms with Crippen molar-refractivity contribution in [1.82, 2.24) is 4.90 Å². The van der Waals surface area contributed by atoms with Gasteiger partial charge in [0.1, 0.15) is 18.1 Å². The number of hydrogen-bond donors (Lipinski definition) is 0. The number of rotatable bonds is 17. The van der Waals surface area contributed by atoms with Gasteiger partial charge in [-0.15, -0.1) is 0 Å². The van der Waals surface area contributed by atoms with Crippen LogP contribution in [0.1, 0.15) is 84.6 Å². The van der Waals surface area contributed by atoms with Crippen LogP contribution in [0.25, 0.3) is 0 Å². The van der Waals surface area contributed by atoms with Crippen molar-refractivity contribution < 1.29 is 23.7 Å². The molecule has 0 aliphatic rings. The smallest absolute Gasteiger partial charge is 0.415 e. The van der Waals surface area contributed by atoms with Crippen molar-refractivity contribution in [2.24, 2.45) is 0 Å². The molecule has 0 aromatic heterocycles. The molecule has 0 heterocycles. The quantitative estimate of drug-likeness (QED) is 0.194. The number of amides is 1. The first kappa shape index (κ1) is 28.2. The highest BCUT2D eigenvalue weighted by Crippen LogP contribution is 2.25. The van der Waals surface area contributed by atoms with Crippen LogP contribution in [0.15, 0.2) is 18.2 Å². The van der Waals surface area contributed by atoms with E-state index in [0.29, 0.717) is 18.1 Å². The minimum Gasteiger partial charge on any atom is -0.488 e. The van der Waals surface area contributed by atoms with Crippen LogP contribution in [0.5, 0.6) is 11.5 Å². The van der Waals surface area contributed by atoms with E-state index >= 15 is 0 Å². The Morgan fingerprint density at radius 2 is 1.50 bits per heavy atom. The van der Waals surface area contributed by atoms with Crippen molar-refractivity contribution in [3.63, 3.8) is 0 Å². The van der Waals surface area contributed by atoms with Gasteiger partial charge in [-0.25, -0.2) is 4.79 Å². The Morgan fingerprint density at radius 1 is 0.906 bits per heavy atom. The van der Waals surface area contributed by atoms with Gasteiger partial charge in [0.15, 0.2) is 5.79 Å². The number of aryl methyl sites for hydroxylation is 1. The zero-order chi connectivity index (χ0) is 23.8. The lowest BCUT2D eigenvalue weighted by atomic mass is 10.2. The summed E-state index contributed by atoms with van der Waals surface area (Å²) in [6.07, 6.45) is 8.74. The second-order valence-corrected chi connectivity index (χ2v) is 8.52. The van der Waals surface area contributed by atoms with E-state index in [-0.39, 0.29) is 12.7 Å². The van der Waals surface area contributed by atoms with Gasteiger partial charge < -0.3 is 23.8 Å². The van der Waals surface area contributed by atoms with E-state index in [1.165, 1.54) is 25.7 Å². The molecule has 0 spiro atoms. The summed E-state index contributed by atoms with van der Waals surface area (Å²) in [5.41, 5.74) is 0.957. The first-order valence-corrected chi connectivity index (χ1v) is 12.3. The summed E-state index contributed by atoms with van der Waals surface area (Å²) in [6.45, 7) is 12.3. The summed E-state index contributed by atoms with van der Waals surface area (Å²) in [4.78, 5) is 14.8. The summed E-state index contributed by atoms with van der Waals surface area (Å²) in [6, 6.07) is 5.51. The Kier molecular flexibility index (Phi) is 14.1. The van der Waals surface area contributed by atoms with Crippen molar-refractivity contribution >= 4 is 6.09 Å². The number of nitrogens with zero attached hydrogens (tertiary/aromatic N) is 1. The second-order valence-electron chi connectivity index (χ2n) is 8.52. The molecule has 0 saturated carbocycles. The van der Waals surface area contributed by atoms with Gasteiger partial charge >= 0.3 is 6.09 Å². The molecule has 6 nitrogen and oxygen atoms in total. The van der Waals surface area contributed by atoms with Crippen LogP contribution in [0.3, 0.4) is 0 Å². The van der Waals surface area contributed by atoms with Crippen molar-refractivity contribution in [2.45, 2.75) is 91.8 Å². The highest BCUT2D eigenvalue weighted by Gasteiger charge is 2.25. The highest BCUT2D eigenvalue weighted by molar-refractivity contribution is 5.71. The van der Waals surface area contributed by atoms with E-state index in [1.54, 1.807) is 13.2 Å². The fourth-order valence-electron chi connectivity index (χ4n) is 3.45. The van der Waals surface area contributed by atoms with Gasteiger partial charge in [0.2, 0.25) is 0 Å². The molecule has 0 aliphatic carbocycles. The van der Waals surface area contributed by atoms with Crippen LogP contribution >= 0.6 is 0 Å². The standard InChI is InChI=1S/C26H45NO5/c1-7-10-12-14-16-27(17-15-13-11-8-2)25(28)32-24-19-22(4)18-23(20-24)30-21-26(5,29-6)31-9-3/h18-20H,7-17,21H2,1-6H3. The topological polar surface area (TPSA) is 57.2 Å². The van der Waals surface area contributed by atoms with Crippen LogP contribution in [-0.4, -0.2) is 50.2 Å². The first-order chi connectivity index (χ1) is 15.4. The summed E-state index contributed by atoms with van der Waals surface area (Å²) in [7, 11) is 1.60. The normalized spacial score (nSPS) is 12.9. The Balaban J connectivity index is 2.78. The van der Waals surface area contributed by atoms with Crippen LogP contribution in [0, 0.1) is 6.92 Å². The molecule has 6 heteroatoms. The summed E-state index contributed by atoms with van der Waals surface area (Å²) in [5.74, 6) is 0.282. The Morgan fingerprint density at radius 3 is 2.03 bits per heavy atom. The Hall–Kier alpha value is -1.79. The molecule has 32 heavy (non-hydrogen) atoms. The van der Waals surface area contributed by atoms with Crippen molar-refractivity contribution in [3.8, 4) is 11.5 Å². The Bertz CT molecular complexity index is 639. The van der Waals surface area contributed by atoms with E-state index in [9.17, 15) is 4.79 Å². The van der Waals surface area contributed by atoms with Gasteiger partial charge in [0.05, 0.1) is 0 Å². The maximum atomic E-state index is 12.9. The third-order valence-electron chi connectivity index (χ3n) is 5.43. The molecule has 0 aliphatic heterocycles. The lowest BCUT2D eigenvalue weighted by Crippen LogP contribution is -2.38. The zero-order valence-corrected chi connectivity index (χ0v) is 21.2. The fourth-order valence-corrected chi connectivity index (χ4v) is 3.45. The minimum atomic E-state index is -0.830. The number of carbonyl (C=O) groups is 1. The summed E-state index contributed by atoms with van der Waals surface area (Å²) < 4.78 is 22.7. The van der Waals surface area contributed by atoms with Gasteiger partial charge in [-0.2, -0.15) is 0 Å². The van der Waals surface area contributed by atoms with Crippen molar-refractivity contribution in [2.75, 3.05) is 33.4 Å². The molecule has 0 saturated heterocycles. The van der Waals surface area contributed by atoms with Crippen LogP contribution in [-0.2, 0) is 9.47 Å². The van der Waals surface area contributed by atoms with Crippen LogP contribution in [0.4, 0.5) is 4.79 Å². The maximum absolute atomic E-state index is 12.9. The molecule has 184 valence electrons. The van der Waals surface area contributed by atoms with Crippen molar-refractivity contribution in [3.05, 3.63) is 23.8 Å². The second kappa shape index (κ2) is 15.9. The average molecular weight is 452 g/mol. The van der Waals surface area contributed by atoms with Gasteiger partial charge in [-0.05, 0) is 51.3 Å². The molecule has 1 rings (SSSR count). The van der Waals surface area contributed by atoms with Gasteiger partial charge in [0, 0.05) is 32.9 Å². The van der Waals surface area contributed by atoms with Crippen molar-refractivity contribution in [1.29, 1.82) is 0 Å². The highest BCUT2D eigenvalue weighted by atomic mass is 16.7. The third kappa shape index (κ3) is 11.2. The van der Waals surface area contributed by atoms with Crippen LogP contribution in [0.2, 0.25) is 0 Å². The molecule has 0 N–H and O–H groups in total. The molecule has 1 aromatic rings. The van der Waals surface area contributed by atoms with E-state index in [0.717, 1.165) is 44.3 Å². The number of hydrogen-bond acceptors (Lipinski definition) is 5. The SMILES string of the molecule is CCCCCCN(CCCCCC)C(=O)Oc1cc(C)cc(OCC(C)(OC)OCC)c1. The predicted molar refractivity (Wildman–Crippen MR) is 130 cm³/mol. The van der Waals surface area contributed by atoms with E-state index in [1.807, 2.05) is 37.8 Å². The molecule has 1 aromatic carbocycles. The number of carbonyl (C=O) groups excluding carboxylic acids is 1. The van der Waals surface area contributed by atoms with E-state index < -0.39 is 5.79 Å². The molecule has 0 radical (unpaired) electrons. The number of unbranched alkanes of at least 4 members (excludes halogenated alkanes) is 6.